The minimum absolute atomic E-state index is 0.0507. The van der Waals surface area contributed by atoms with Gasteiger partial charge in [-0.15, -0.1) is 0 Å². The molecule has 0 aromatic heterocycles. The van der Waals surface area contributed by atoms with Crippen molar-refractivity contribution in [2.24, 2.45) is 45.3 Å². The molecule has 0 radical (unpaired) electrons. The van der Waals surface area contributed by atoms with Crippen LogP contribution in [0.3, 0.4) is 0 Å². The van der Waals surface area contributed by atoms with E-state index in [4.69, 9.17) is 0 Å². The molecule has 35 heavy (non-hydrogen) atoms. The van der Waals surface area contributed by atoms with Crippen molar-refractivity contribution >= 4 is 6.29 Å². The van der Waals surface area contributed by atoms with E-state index in [-0.39, 0.29) is 34.5 Å². The predicted molar refractivity (Wildman–Crippen MR) is 137 cm³/mol. The van der Waals surface area contributed by atoms with Gasteiger partial charge < -0.3 is 25.2 Å². The summed E-state index contributed by atoms with van der Waals surface area (Å²) in [6, 6.07) is 0. The normalized spacial score (nSPS) is 46.8. The van der Waals surface area contributed by atoms with Gasteiger partial charge in [0.05, 0.1) is 24.4 Å². The van der Waals surface area contributed by atoms with Gasteiger partial charge >= 0.3 is 0 Å². The number of aliphatic hydroxyl groups is 4. The van der Waals surface area contributed by atoms with E-state index >= 15 is 0 Å². The number of allylic oxidation sites excluding steroid dienone is 1. The van der Waals surface area contributed by atoms with Gasteiger partial charge in [-0.2, -0.15) is 0 Å². The molecule has 0 aromatic rings. The van der Waals surface area contributed by atoms with Crippen molar-refractivity contribution < 1.29 is 25.2 Å². The smallest absolute Gasteiger partial charge is 0.127 e. The minimum atomic E-state index is -0.898. The standard InChI is InChI=1S/C30H48O5/c1-17(2)14-22(32)25(35)18(3)19-10-11-29(7)26-23(33)15-21-20(8-9-24(34)27(21,4)5)30(26,16-31)13-12-28(19,29)6/h14-16,18-20,22-26,32-35H,8-13H2,1-7H3/t18-,19+,20+,22-,23-,24-,25-,26-,28+,29-,30+/m0/s1. The third kappa shape index (κ3) is 3.66. The Labute approximate surface area is 211 Å². The highest BCUT2D eigenvalue weighted by molar-refractivity contribution is 5.65. The fourth-order valence-electron chi connectivity index (χ4n) is 9.47. The molecule has 0 amide bonds. The number of rotatable bonds is 5. The van der Waals surface area contributed by atoms with Gasteiger partial charge in [-0.1, -0.05) is 57.9 Å². The van der Waals surface area contributed by atoms with Crippen molar-refractivity contribution in [3.05, 3.63) is 23.3 Å². The number of carbonyl (C=O) groups is 1. The summed E-state index contributed by atoms with van der Waals surface area (Å²) >= 11 is 0. The van der Waals surface area contributed by atoms with E-state index in [0.717, 1.165) is 36.8 Å². The first-order chi connectivity index (χ1) is 16.2. The number of hydrogen-bond acceptors (Lipinski definition) is 5. The Kier molecular flexibility index (Phi) is 6.79. The first-order valence-electron chi connectivity index (χ1n) is 13.7. The maximum absolute atomic E-state index is 13.1. The van der Waals surface area contributed by atoms with E-state index in [9.17, 15) is 25.2 Å². The second-order valence-electron chi connectivity index (χ2n) is 13.8. The Balaban J connectivity index is 1.74. The van der Waals surface area contributed by atoms with Crippen LogP contribution in [0.5, 0.6) is 0 Å². The molecule has 4 aliphatic rings. The summed E-state index contributed by atoms with van der Waals surface area (Å²) in [4.78, 5) is 13.1. The molecule has 4 rings (SSSR count). The van der Waals surface area contributed by atoms with E-state index in [1.165, 1.54) is 6.29 Å². The molecular formula is C30H48O5. The van der Waals surface area contributed by atoms with Gasteiger partial charge in [0.25, 0.3) is 0 Å². The summed E-state index contributed by atoms with van der Waals surface area (Å²) in [6.45, 7) is 14.6. The third-order valence-corrected chi connectivity index (χ3v) is 11.7. The van der Waals surface area contributed by atoms with E-state index in [1.807, 2.05) is 33.8 Å². The van der Waals surface area contributed by atoms with E-state index in [1.54, 1.807) is 6.08 Å². The van der Waals surface area contributed by atoms with Gasteiger partial charge in [-0.3, -0.25) is 0 Å². The molecule has 3 fully saturated rings. The van der Waals surface area contributed by atoms with Crippen LogP contribution >= 0.6 is 0 Å². The maximum Gasteiger partial charge on any atom is 0.127 e. The molecule has 0 unspecified atom stereocenters. The van der Waals surface area contributed by atoms with Crippen LogP contribution in [-0.2, 0) is 4.79 Å². The second-order valence-corrected chi connectivity index (χ2v) is 13.8. The Hall–Kier alpha value is -1.01. The topological polar surface area (TPSA) is 98.0 Å². The van der Waals surface area contributed by atoms with Crippen molar-refractivity contribution in [2.75, 3.05) is 0 Å². The third-order valence-electron chi connectivity index (χ3n) is 11.7. The first-order valence-corrected chi connectivity index (χ1v) is 13.7. The molecule has 5 nitrogen and oxygen atoms in total. The summed E-state index contributed by atoms with van der Waals surface area (Å²) in [5.74, 6) is -0.0564. The van der Waals surface area contributed by atoms with Crippen LogP contribution in [0.4, 0.5) is 0 Å². The largest absolute Gasteiger partial charge is 0.392 e. The van der Waals surface area contributed by atoms with Gasteiger partial charge in [0.1, 0.15) is 6.29 Å². The van der Waals surface area contributed by atoms with Gasteiger partial charge in [-0.25, -0.2) is 0 Å². The van der Waals surface area contributed by atoms with Crippen LogP contribution in [0.2, 0.25) is 0 Å². The lowest BCUT2D eigenvalue weighted by molar-refractivity contribution is -0.185. The van der Waals surface area contributed by atoms with Crippen molar-refractivity contribution in [3.63, 3.8) is 0 Å². The van der Waals surface area contributed by atoms with Crippen molar-refractivity contribution in [3.8, 4) is 0 Å². The minimum Gasteiger partial charge on any atom is -0.392 e. The number of hydrogen-bond donors (Lipinski definition) is 4. The van der Waals surface area contributed by atoms with Gasteiger partial charge in [0, 0.05) is 16.7 Å². The molecule has 0 aliphatic heterocycles. The highest BCUT2D eigenvalue weighted by atomic mass is 16.3. The molecule has 0 aromatic carbocycles. The average molecular weight is 489 g/mol. The van der Waals surface area contributed by atoms with Gasteiger partial charge in [0.2, 0.25) is 0 Å². The maximum atomic E-state index is 13.1. The summed E-state index contributed by atoms with van der Waals surface area (Å²) in [7, 11) is 0. The molecule has 3 saturated carbocycles. The van der Waals surface area contributed by atoms with Crippen LogP contribution in [0.15, 0.2) is 23.3 Å². The molecule has 11 atom stereocenters. The molecule has 5 heteroatoms. The Morgan fingerprint density at radius 1 is 1.00 bits per heavy atom. The fourth-order valence-corrected chi connectivity index (χ4v) is 9.47. The van der Waals surface area contributed by atoms with Crippen LogP contribution in [0, 0.1) is 45.3 Å². The second kappa shape index (κ2) is 8.79. The number of fused-ring (bicyclic) bond motifs is 5. The Bertz CT molecular complexity index is 902. The zero-order valence-electron chi connectivity index (χ0n) is 22.8. The lowest BCUT2D eigenvalue weighted by atomic mass is 9.38. The first kappa shape index (κ1) is 27.0. The fraction of sp³-hybridized carbons (Fsp3) is 0.833. The molecule has 0 saturated heterocycles. The van der Waals surface area contributed by atoms with Crippen LogP contribution in [-0.4, -0.2) is 51.1 Å². The van der Waals surface area contributed by atoms with Crippen molar-refractivity contribution in [1.29, 1.82) is 0 Å². The zero-order chi connectivity index (χ0) is 26.1. The monoisotopic (exact) mass is 488 g/mol. The molecule has 0 spiro atoms. The Morgan fingerprint density at radius 2 is 1.66 bits per heavy atom. The summed E-state index contributed by atoms with van der Waals surface area (Å²) in [5.41, 5.74) is 0.521. The molecule has 0 heterocycles. The molecular weight excluding hydrogens is 440 g/mol. The molecule has 4 N–H and O–H groups in total. The lowest BCUT2D eigenvalue weighted by Gasteiger charge is -2.66. The molecule has 198 valence electrons. The van der Waals surface area contributed by atoms with E-state index < -0.39 is 35.2 Å². The predicted octanol–water partition coefficient (Wildman–Crippen LogP) is 4.43. The number of carbonyl (C=O) groups excluding carboxylic acids is 1. The number of aldehydes is 1. The SMILES string of the molecule is CC(C)=C[C@H](O)[C@@H](O)[C@@H](C)[C@H]1CC[C@@]2(C)[C@@H]3[C@@H](O)C=C4[C@@H](CC[C@H](O)C4(C)C)[C@]3(C=O)CC[C@]12C. The highest BCUT2D eigenvalue weighted by Gasteiger charge is 2.71. The van der Waals surface area contributed by atoms with Gasteiger partial charge in [-0.05, 0) is 81.0 Å². The molecule has 0 bridgehead atoms. The van der Waals surface area contributed by atoms with E-state index in [0.29, 0.717) is 12.8 Å². The summed E-state index contributed by atoms with van der Waals surface area (Å²) in [6.07, 6.45) is 6.76. The van der Waals surface area contributed by atoms with Crippen LogP contribution < -0.4 is 0 Å². The summed E-state index contributed by atoms with van der Waals surface area (Å²) in [5, 5.41) is 44.1. The average Bonchev–Trinajstić information content (AvgIpc) is 3.06. The number of aliphatic hydroxyl groups excluding tert-OH is 4. The quantitative estimate of drug-likeness (QED) is 0.339. The van der Waals surface area contributed by atoms with Crippen molar-refractivity contribution in [1.82, 2.24) is 0 Å². The van der Waals surface area contributed by atoms with Gasteiger partial charge in [0.15, 0.2) is 0 Å². The van der Waals surface area contributed by atoms with E-state index in [2.05, 4.69) is 20.8 Å². The highest BCUT2D eigenvalue weighted by Crippen LogP contribution is 2.74. The van der Waals surface area contributed by atoms with Crippen molar-refractivity contribution in [2.45, 2.75) is 111 Å². The molecule has 4 aliphatic carbocycles. The zero-order valence-corrected chi connectivity index (χ0v) is 22.8. The Morgan fingerprint density at radius 3 is 2.26 bits per heavy atom. The van der Waals surface area contributed by atoms with Crippen LogP contribution in [0.1, 0.15) is 87.0 Å². The van der Waals surface area contributed by atoms with Crippen LogP contribution in [0.25, 0.3) is 0 Å². The summed E-state index contributed by atoms with van der Waals surface area (Å²) < 4.78 is 0. The lowest BCUT2D eigenvalue weighted by Crippen LogP contribution is -2.64.